The molecule has 0 radical (unpaired) electrons. The summed E-state index contributed by atoms with van der Waals surface area (Å²) in [6, 6.07) is 4.88. The van der Waals surface area contributed by atoms with Crippen LogP contribution in [0.5, 0.6) is 5.75 Å². The minimum Gasteiger partial charge on any atom is -0.508 e. The zero-order valence-electron chi connectivity index (χ0n) is 10.1. The van der Waals surface area contributed by atoms with Gasteiger partial charge in [0.05, 0.1) is 0 Å². The third kappa shape index (κ3) is 4.44. The largest absolute Gasteiger partial charge is 0.508 e. The van der Waals surface area contributed by atoms with E-state index in [0.29, 0.717) is 12.1 Å². The van der Waals surface area contributed by atoms with Gasteiger partial charge in [-0.05, 0) is 43.9 Å². The number of aromatic hydroxyl groups is 1. The van der Waals surface area contributed by atoms with Gasteiger partial charge in [-0.3, -0.25) is 4.79 Å². The summed E-state index contributed by atoms with van der Waals surface area (Å²) in [7, 11) is 0. The van der Waals surface area contributed by atoms with Gasteiger partial charge in [0.25, 0.3) is 5.91 Å². The lowest BCUT2D eigenvalue weighted by Gasteiger charge is -2.06. The SMILES string of the molecule is Cc1ccc(C(=O)NCCCCCO)cc1O. The van der Waals surface area contributed by atoms with Gasteiger partial charge < -0.3 is 15.5 Å². The van der Waals surface area contributed by atoms with E-state index in [0.717, 1.165) is 24.8 Å². The number of rotatable bonds is 6. The molecule has 0 aromatic heterocycles. The van der Waals surface area contributed by atoms with E-state index >= 15 is 0 Å². The topological polar surface area (TPSA) is 69.6 Å². The average molecular weight is 237 g/mol. The molecule has 94 valence electrons. The van der Waals surface area contributed by atoms with Crippen molar-refractivity contribution in [1.29, 1.82) is 0 Å². The van der Waals surface area contributed by atoms with E-state index in [1.54, 1.807) is 19.1 Å². The zero-order chi connectivity index (χ0) is 12.7. The van der Waals surface area contributed by atoms with Gasteiger partial charge >= 0.3 is 0 Å². The predicted molar refractivity (Wildman–Crippen MR) is 66.1 cm³/mol. The smallest absolute Gasteiger partial charge is 0.251 e. The summed E-state index contributed by atoms with van der Waals surface area (Å²) in [5.41, 5.74) is 1.22. The number of carbonyl (C=O) groups is 1. The van der Waals surface area contributed by atoms with Crippen LogP contribution in [0.1, 0.15) is 35.2 Å². The summed E-state index contributed by atoms with van der Waals surface area (Å²) in [6.45, 7) is 2.57. The van der Waals surface area contributed by atoms with Crippen molar-refractivity contribution in [3.63, 3.8) is 0 Å². The summed E-state index contributed by atoms with van der Waals surface area (Å²) in [5.74, 6) is -0.0396. The Kier molecular flexibility index (Phi) is 5.49. The average Bonchev–Trinajstić information content (AvgIpc) is 2.32. The first kappa shape index (κ1) is 13.5. The Hall–Kier alpha value is -1.55. The number of nitrogens with one attached hydrogen (secondary N) is 1. The second-order valence-corrected chi connectivity index (χ2v) is 4.04. The number of aliphatic hydroxyl groups is 1. The van der Waals surface area contributed by atoms with Gasteiger partial charge in [-0.15, -0.1) is 0 Å². The number of aliphatic hydroxyl groups excluding tert-OH is 1. The second kappa shape index (κ2) is 6.91. The van der Waals surface area contributed by atoms with Crippen LogP contribution in [0.25, 0.3) is 0 Å². The lowest BCUT2D eigenvalue weighted by Crippen LogP contribution is -2.24. The number of benzene rings is 1. The fraction of sp³-hybridized carbons (Fsp3) is 0.462. The molecule has 0 spiro atoms. The molecule has 1 aromatic rings. The molecule has 0 fully saturated rings. The van der Waals surface area contributed by atoms with Crippen molar-refractivity contribution in [2.24, 2.45) is 0 Å². The van der Waals surface area contributed by atoms with Gasteiger partial charge in [-0.25, -0.2) is 0 Å². The Morgan fingerprint density at radius 3 is 2.71 bits per heavy atom. The maximum atomic E-state index is 11.7. The molecule has 4 heteroatoms. The number of aryl methyl sites for hydroxylation is 1. The van der Waals surface area contributed by atoms with Crippen LogP contribution in [0.3, 0.4) is 0 Å². The van der Waals surface area contributed by atoms with E-state index in [4.69, 9.17) is 5.11 Å². The summed E-state index contributed by atoms with van der Waals surface area (Å²) < 4.78 is 0. The molecule has 1 rings (SSSR count). The first-order valence-corrected chi connectivity index (χ1v) is 5.84. The van der Waals surface area contributed by atoms with Gasteiger partial charge in [-0.1, -0.05) is 6.07 Å². The lowest BCUT2D eigenvalue weighted by molar-refractivity contribution is 0.0952. The number of hydrogen-bond donors (Lipinski definition) is 3. The van der Waals surface area contributed by atoms with Crippen LogP contribution < -0.4 is 5.32 Å². The van der Waals surface area contributed by atoms with Gasteiger partial charge in [0.15, 0.2) is 0 Å². The number of phenolic OH excluding ortho intramolecular Hbond substituents is 1. The van der Waals surface area contributed by atoms with Crippen molar-refractivity contribution in [2.45, 2.75) is 26.2 Å². The van der Waals surface area contributed by atoms with Crippen LogP contribution in [-0.2, 0) is 0 Å². The molecular weight excluding hydrogens is 218 g/mol. The maximum absolute atomic E-state index is 11.7. The summed E-state index contributed by atoms with van der Waals surface area (Å²) in [5, 5.41) is 20.8. The monoisotopic (exact) mass is 237 g/mol. The minimum absolute atomic E-state index is 0.137. The number of carbonyl (C=O) groups excluding carboxylic acids is 1. The molecule has 0 aliphatic rings. The molecular formula is C13H19NO3. The van der Waals surface area contributed by atoms with Gasteiger partial charge in [0.2, 0.25) is 0 Å². The van der Waals surface area contributed by atoms with Crippen LogP contribution in [0.15, 0.2) is 18.2 Å². The number of hydrogen-bond acceptors (Lipinski definition) is 3. The molecule has 0 aliphatic heterocycles. The van der Waals surface area contributed by atoms with Gasteiger partial charge in [0, 0.05) is 18.7 Å². The lowest BCUT2D eigenvalue weighted by atomic mass is 10.1. The minimum atomic E-state index is -0.177. The second-order valence-electron chi connectivity index (χ2n) is 4.04. The van der Waals surface area contributed by atoms with Crippen molar-refractivity contribution in [3.8, 4) is 5.75 Å². The predicted octanol–water partition coefficient (Wildman–Crippen LogP) is 1.59. The highest BCUT2D eigenvalue weighted by atomic mass is 16.3. The summed E-state index contributed by atoms with van der Waals surface area (Å²) in [6.07, 6.45) is 2.52. The quantitative estimate of drug-likeness (QED) is 0.658. The Balaban J connectivity index is 2.39. The van der Waals surface area contributed by atoms with E-state index in [9.17, 15) is 9.90 Å². The van der Waals surface area contributed by atoms with E-state index < -0.39 is 0 Å². The molecule has 1 aromatic carbocycles. The highest BCUT2D eigenvalue weighted by Crippen LogP contribution is 2.17. The molecule has 0 saturated heterocycles. The Morgan fingerprint density at radius 2 is 2.06 bits per heavy atom. The van der Waals surface area contributed by atoms with E-state index in [-0.39, 0.29) is 18.3 Å². The van der Waals surface area contributed by atoms with Crippen LogP contribution in [0.2, 0.25) is 0 Å². The van der Waals surface area contributed by atoms with Crippen molar-refractivity contribution < 1.29 is 15.0 Å². The van der Waals surface area contributed by atoms with E-state index in [1.165, 1.54) is 6.07 Å². The fourth-order valence-corrected chi connectivity index (χ4v) is 1.47. The molecule has 17 heavy (non-hydrogen) atoms. The van der Waals surface area contributed by atoms with Crippen LogP contribution in [-0.4, -0.2) is 29.3 Å². The summed E-state index contributed by atoms with van der Waals surface area (Å²) in [4.78, 5) is 11.7. The maximum Gasteiger partial charge on any atom is 0.251 e. The highest BCUT2D eigenvalue weighted by molar-refractivity contribution is 5.94. The molecule has 0 saturated carbocycles. The number of phenols is 1. The standard InChI is InChI=1S/C13H19NO3/c1-10-5-6-11(9-12(10)16)13(17)14-7-3-2-4-8-15/h5-6,9,15-16H,2-4,7-8H2,1H3,(H,14,17). The van der Waals surface area contributed by atoms with Crippen LogP contribution in [0.4, 0.5) is 0 Å². The van der Waals surface area contributed by atoms with Crippen molar-refractivity contribution >= 4 is 5.91 Å². The van der Waals surface area contributed by atoms with Crippen LogP contribution in [0, 0.1) is 6.92 Å². The number of amides is 1. The molecule has 0 unspecified atom stereocenters. The molecule has 0 bridgehead atoms. The zero-order valence-corrected chi connectivity index (χ0v) is 10.1. The normalized spacial score (nSPS) is 10.2. The highest BCUT2D eigenvalue weighted by Gasteiger charge is 2.06. The summed E-state index contributed by atoms with van der Waals surface area (Å²) >= 11 is 0. The third-order valence-electron chi connectivity index (χ3n) is 2.59. The Morgan fingerprint density at radius 1 is 1.29 bits per heavy atom. The van der Waals surface area contributed by atoms with E-state index in [1.807, 2.05) is 0 Å². The molecule has 3 N–H and O–H groups in total. The first-order valence-electron chi connectivity index (χ1n) is 5.84. The number of unbranched alkanes of at least 4 members (excludes halogenated alkanes) is 2. The third-order valence-corrected chi connectivity index (χ3v) is 2.59. The van der Waals surface area contributed by atoms with Crippen molar-refractivity contribution in [3.05, 3.63) is 29.3 Å². The van der Waals surface area contributed by atoms with Crippen molar-refractivity contribution in [1.82, 2.24) is 5.32 Å². The Bertz CT molecular complexity index is 377. The first-order chi connectivity index (χ1) is 8.15. The van der Waals surface area contributed by atoms with Crippen LogP contribution >= 0.6 is 0 Å². The fourth-order valence-electron chi connectivity index (χ4n) is 1.47. The molecule has 0 heterocycles. The Labute approximate surface area is 101 Å². The van der Waals surface area contributed by atoms with Gasteiger partial charge in [0.1, 0.15) is 5.75 Å². The molecule has 1 amide bonds. The molecule has 0 aliphatic carbocycles. The van der Waals surface area contributed by atoms with E-state index in [2.05, 4.69) is 5.32 Å². The molecule has 4 nitrogen and oxygen atoms in total. The van der Waals surface area contributed by atoms with Gasteiger partial charge in [-0.2, -0.15) is 0 Å². The molecule has 0 atom stereocenters. The van der Waals surface area contributed by atoms with Crippen molar-refractivity contribution in [2.75, 3.05) is 13.2 Å².